The van der Waals surface area contributed by atoms with Crippen molar-refractivity contribution in [3.8, 4) is 11.1 Å². The highest BCUT2D eigenvalue weighted by Crippen LogP contribution is 2.47. The SMILES string of the molecule is C[C@@H]1c2ccccc2[C@H]2C[C@H](NC(=O)Cc3cccs3)CCN2c2ccc(-c3ccncc3)cc21. The van der Waals surface area contributed by atoms with Crippen molar-refractivity contribution in [2.75, 3.05) is 11.4 Å². The van der Waals surface area contributed by atoms with E-state index in [2.05, 4.69) is 76.7 Å². The van der Waals surface area contributed by atoms with Crippen molar-refractivity contribution in [1.29, 1.82) is 0 Å². The van der Waals surface area contributed by atoms with Crippen LogP contribution in [-0.4, -0.2) is 23.5 Å². The van der Waals surface area contributed by atoms with Gasteiger partial charge in [0.15, 0.2) is 0 Å². The first-order valence-electron chi connectivity index (χ1n) is 12.4. The molecular weight excluding hydrogens is 450 g/mol. The van der Waals surface area contributed by atoms with Crippen molar-refractivity contribution >= 4 is 22.9 Å². The molecule has 0 radical (unpaired) electrons. The Bertz CT molecular complexity index is 1330. The third kappa shape index (κ3) is 4.25. The van der Waals surface area contributed by atoms with Crippen LogP contribution in [0.25, 0.3) is 11.1 Å². The maximum Gasteiger partial charge on any atom is 0.225 e. The predicted molar refractivity (Wildman–Crippen MR) is 143 cm³/mol. The fourth-order valence-electron chi connectivity index (χ4n) is 5.79. The van der Waals surface area contributed by atoms with Crippen molar-refractivity contribution in [1.82, 2.24) is 10.3 Å². The zero-order chi connectivity index (χ0) is 23.8. The van der Waals surface area contributed by atoms with Crippen LogP contribution in [0.5, 0.6) is 0 Å². The van der Waals surface area contributed by atoms with E-state index in [9.17, 15) is 4.79 Å². The van der Waals surface area contributed by atoms with Gasteiger partial charge in [0.2, 0.25) is 5.91 Å². The first-order chi connectivity index (χ1) is 17.2. The quantitative estimate of drug-likeness (QED) is 0.371. The normalized spacial score (nSPS) is 20.8. The number of aromatic nitrogens is 1. The van der Waals surface area contributed by atoms with E-state index in [-0.39, 0.29) is 18.0 Å². The second kappa shape index (κ2) is 9.31. The zero-order valence-corrected chi connectivity index (χ0v) is 20.7. The molecule has 1 amide bonds. The lowest BCUT2D eigenvalue weighted by atomic mass is 9.85. The number of pyridine rings is 1. The smallest absolute Gasteiger partial charge is 0.225 e. The molecule has 2 aromatic carbocycles. The van der Waals surface area contributed by atoms with Crippen LogP contribution < -0.4 is 10.2 Å². The molecule has 4 aromatic rings. The fourth-order valence-corrected chi connectivity index (χ4v) is 6.50. The maximum atomic E-state index is 12.8. The number of rotatable bonds is 4. The number of nitrogens with zero attached hydrogens (tertiary/aromatic N) is 2. The Morgan fingerprint density at radius 2 is 1.83 bits per heavy atom. The highest BCUT2D eigenvalue weighted by molar-refractivity contribution is 7.10. The van der Waals surface area contributed by atoms with Gasteiger partial charge in [0.25, 0.3) is 0 Å². The van der Waals surface area contributed by atoms with E-state index in [0.29, 0.717) is 12.3 Å². The number of carbonyl (C=O) groups is 1. The van der Waals surface area contributed by atoms with Crippen LogP contribution in [0.2, 0.25) is 0 Å². The standard InChI is InChI=1S/C30H29N3OS/c1-20-25-6-2-3-7-26(25)29-18-23(32-30(34)19-24-5-4-16-35-24)12-15-33(29)28-9-8-22(17-27(20)28)21-10-13-31-14-11-21/h2-11,13-14,16-17,20,23,29H,12,15,18-19H2,1H3,(H,32,34)/t20-,23-,29-/m1/s1. The molecule has 0 spiro atoms. The van der Waals surface area contributed by atoms with E-state index in [4.69, 9.17) is 0 Å². The van der Waals surface area contributed by atoms with Crippen LogP contribution in [0, 0.1) is 0 Å². The first-order valence-corrected chi connectivity index (χ1v) is 13.3. The van der Waals surface area contributed by atoms with Crippen molar-refractivity contribution in [3.05, 3.63) is 106 Å². The van der Waals surface area contributed by atoms with Gasteiger partial charge >= 0.3 is 0 Å². The van der Waals surface area contributed by atoms with E-state index >= 15 is 0 Å². The largest absolute Gasteiger partial charge is 0.364 e. The second-order valence-corrected chi connectivity index (χ2v) is 10.6. The molecule has 6 rings (SSSR count). The van der Waals surface area contributed by atoms with Crippen LogP contribution in [0.15, 0.2) is 84.5 Å². The summed E-state index contributed by atoms with van der Waals surface area (Å²) in [4.78, 5) is 20.6. The zero-order valence-electron chi connectivity index (χ0n) is 19.9. The number of carbonyl (C=O) groups excluding carboxylic acids is 1. The Labute approximate surface area is 210 Å². The number of fused-ring (bicyclic) bond motifs is 5. The maximum absolute atomic E-state index is 12.8. The number of hydrogen-bond donors (Lipinski definition) is 1. The lowest BCUT2D eigenvalue weighted by molar-refractivity contribution is -0.121. The molecular formula is C30H29N3OS. The topological polar surface area (TPSA) is 45.2 Å². The molecule has 2 aliphatic rings. The van der Waals surface area contributed by atoms with Crippen molar-refractivity contribution < 1.29 is 4.79 Å². The average Bonchev–Trinajstić information content (AvgIpc) is 3.38. The summed E-state index contributed by atoms with van der Waals surface area (Å²) < 4.78 is 0. The minimum absolute atomic E-state index is 0.128. The van der Waals surface area contributed by atoms with Gasteiger partial charge in [-0.1, -0.05) is 43.3 Å². The summed E-state index contributed by atoms with van der Waals surface area (Å²) in [6.07, 6.45) is 6.05. The molecule has 2 aliphatic heterocycles. The van der Waals surface area contributed by atoms with Crippen molar-refractivity contribution in [2.24, 2.45) is 0 Å². The third-order valence-electron chi connectivity index (χ3n) is 7.52. The van der Waals surface area contributed by atoms with E-state index < -0.39 is 0 Å². The number of hydrogen-bond acceptors (Lipinski definition) is 4. The van der Waals surface area contributed by atoms with Gasteiger partial charge in [-0.15, -0.1) is 11.3 Å². The lowest BCUT2D eigenvalue weighted by Gasteiger charge is -2.41. The van der Waals surface area contributed by atoms with E-state index in [1.807, 2.05) is 29.9 Å². The molecule has 5 heteroatoms. The molecule has 0 unspecified atom stereocenters. The van der Waals surface area contributed by atoms with Crippen LogP contribution in [0.3, 0.4) is 0 Å². The Balaban J connectivity index is 1.33. The van der Waals surface area contributed by atoms with Gasteiger partial charge in [0.1, 0.15) is 0 Å². The number of benzene rings is 2. The predicted octanol–water partition coefficient (Wildman–Crippen LogP) is 6.34. The molecule has 4 nitrogen and oxygen atoms in total. The molecule has 0 bridgehead atoms. The highest BCUT2D eigenvalue weighted by Gasteiger charge is 2.36. The number of amides is 1. The van der Waals surface area contributed by atoms with Gasteiger partial charge in [0, 0.05) is 41.5 Å². The average molecular weight is 480 g/mol. The molecule has 0 aliphatic carbocycles. The van der Waals surface area contributed by atoms with E-state index in [0.717, 1.165) is 24.3 Å². The van der Waals surface area contributed by atoms with Crippen molar-refractivity contribution in [2.45, 2.75) is 44.2 Å². The molecule has 1 saturated heterocycles. The number of anilines is 1. The summed E-state index contributed by atoms with van der Waals surface area (Å²) in [6, 6.07) is 24.4. The van der Waals surface area contributed by atoms with Gasteiger partial charge < -0.3 is 10.2 Å². The van der Waals surface area contributed by atoms with Crippen molar-refractivity contribution in [3.63, 3.8) is 0 Å². The molecule has 1 fully saturated rings. The summed E-state index contributed by atoms with van der Waals surface area (Å²) >= 11 is 1.64. The third-order valence-corrected chi connectivity index (χ3v) is 8.40. The minimum atomic E-state index is 0.128. The number of thiophene rings is 1. The fraction of sp³-hybridized carbons (Fsp3) is 0.267. The number of nitrogens with one attached hydrogen (secondary N) is 1. The summed E-state index contributed by atoms with van der Waals surface area (Å²) in [7, 11) is 0. The van der Waals surface area contributed by atoms with Gasteiger partial charge in [-0.2, -0.15) is 0 Å². The number of piperidine rings is 1. The summed E-state index contributed by atoms with van der Waals surface area (Å²) in [5.41, 5.74) is 7.88. The van der Waals surface area contributed by atoms with Gasteiger partial charge in [-0.05, 0) is 76.4 Å². The van der Waals surface area contributed by atoms with Crippen LogP contribution in [-0.2, 0) is 11.2 Å². The van der Waals surface area contributed by atoms with E-state index in [1.54, 1.807) is 11.3 Å². The second-order valence-electron chi connectivity index (χ2n) is 9.61. The molecule has 176 valence electrons. The van der Waals surface area contributed by atoms with Crippen LogP contribution in [0.4, 0.5) is 5.69 Å². The van der Waals surface area contributed by atoms with Crippen LogP contribution >= 0.6 is 11.3 Å². The monoisotopic (exact) mass is 479 g/mol. The van der Waals surface area contributed by atoms with E-state index in [1.165, 1.54) is 33.5 Å². The summed E-state index contributed by atoms with van der Waals surface area (Å²) in [5.74, 6) is 0.420. The molecule has 35 heavy (non-hydrogen) atoms. The first kappa shape index (κ1) is 22.1. The Morgan fingerprint density at radius 1 is 1.00 bits per heavy atom. The highest BCUT2D eigenvalue weighted by atomic mass is 32.1. The molecule has 4 heterocycles. The molecule has 1 N–H and O–H groups in total. The van der Waals surface area contributed by atoms with Crippen LogP contribution in [0.1, 0.15) is 53.3 Å². The molecule has 3 atom stereocenters. The molecule has 2 aromatic heterocycles. The lowest BCUT2D eigenvalue weighted by Crippen LogP contribution is -2.46. The van der Waals surface area contributed by atoms with Gasteiger partial charge in [-0.3, -0.25) is 9.78 Å². The summed E-state index contributed by atoms with van der Waals surface area (Å²) in [6.45, 7) is 3.25. The summed E-state index contributed by atoms with van der Waals surface area (Å²) in [5, 5.41) is 5.37. The van der Waals surface area contributed by atoms with Gasteiger partial charge in [-0.25, -0.2) is 0 Å². The Kier molecular flexibility index (Phi) is 5.86. The minimum Gasteiger partial charge on any atom is -0.364 e. The Hall–Kier alpha value is -3.44. The van der Waals surface area contributed by atoms with Gasteiger partial charge in [0.05, 0.1) is 12.5 Å². The Morgan fingerprint density at radius 3 is 2.63 bits per heavy atom. The molecule has 0 saturated carbocycles.